The SMILES string of the molecule is COc1cc(Cl)cc(C=Nn2c(-c3cc4ccccc4o3)nc3ccccc3c2=O)c1OCc1ccc(Cl)c(Cl)c1. The van der Waals surface area contributed by atoms with Crippen LogP contribution >= 0.6 is 34.8 Å². The first-order valence-electron chi connectivity index (χ1n) is 12.4. The van der Waals surface area contributed by atoms with Crippen LogP contribution in [0.4, 0.5) is 0 Å². The molecule has 2 heterocycles. The van der Waals surface area contributed by atoms with Gasteiger partial charge in [-0.1, -0.05) is 71.2 Å². The van der Waals surface area contributed by atoms with Gasteiger partial charge in [0.2, 0.25) is 5.82 Å². The predicted molar refractivity (Wildman–Crippen MR) is 163 cm³/mol. The average Bonchev–Trinajstić information content (AvgIpc) is 3.42. The molecule has 0 fully saturated rings. The number of hydrogen-bond acceptors (Lipinski definition) is 6. The standard InChI is InChI=1S/C31H20Cl3N3O4/c1-39-27-15-21(32)13-20(29(27)40-17-18-10-11-23(33)24(34)12-18)16-35-37-30(28-14-19-6-2-5-9-26(19)41-28)36-25-8-4-3-7-22(25)31(37)38/h2-16H,17H2,1H3. The van der Waals surface area contributed by atoms with E-state index in [0.29, 0.717) is 54.4 Å². The second kappa shape index (κ2) is 11.3. The zero-order chi connectivity index (χ0) is 28.5. The number of hydrogen-bond donors (Lipinski definition) is 0. The second-order valence-corrected chi connectivity index (χ2v) is 10.3. The number of furan rings is 1. The molecule has 0 radical (unpaired) electrons. The molecule has 7 nitrogen and oxygen atoms in total. The molecule has 4 aromatic carbocycles. The molecule has 0 unspecified atom stereocenters. The van der Waals surface area contributed by atoms with Crippen molar-refractivity contribution >= 4 is 62.9 Å². The zero-order valence-corrected chi connectivity index (χ0v) is 23.7. The van der Waals surface area contributed by atoms with Crippen molar-refractivity contribution in [1.29, 1.82) is 0 Å². The highest BCUT2D eigenvalue weighted by atomic mass is 35.5. The Bertz CT molecular complexity index is 1980. The van der Waals surface area contributed by atoms with E-state index in [1.54, 1.807) is 42.5 Å². The van der Waals surface area contributed by atoms with E-state index in [4.69, 9.17) is 53.7 Å². The molecule has 2 aromatic heterocycles. The van der Waals surface area contributed by atoms with E-state index in [1.807, 2.05) is 42.5 Å². The number of aromatic nitrogens is 2. The summed E-state index contributed by atoms with van der Waals surface area (Å²) in [5.74, 6) is 1.40. The lowest BCUT2D eigenvalue weighted by molar-refractivity contribution is 0.284. The summed E-state index contributed by atoms with van der Waals surface area (Å²) in [5, 5.41) is 7.09. The minimum Gasteiger partial charge on any atom is -0.493 e. The summed E-state index contributed by atoms with van der Waals surface area (Å²) in [5.41, 5.74) is 2.09. The van der Waals surface area contributed by atoms with E-state index >= 15 is 0 Å². The maximum absolute atomic E-state index is 13.7. The van der Waals surface area contributed by atoms with Crippen LogP contribution in [-0.2, 0) is 6.61 Å². The lowest BCUT2D eigenvalue weighted by atomic mass is 10.2. The summed E-state index contributed by atoms with van der Waals surface area (Å²) in [6, 6.07) is 25.0. The normalized spacial score (nSPS) is 11.5. The summed E-state index contributed by atoms with van der Waals surface area (Å²) in [7, 11) is 1.51. The van der Waals surface area contributed by atoms with Crippen molar-refractivity contribution in [2.24, 2.45) is 5.10 Å². The molecule has 0 aliphatic rings. The Labute approximate surface area is 249 Å². The summed E-state index contributed by atoms with van der Waals surface area (Å²) >= 11 is 18.6. The molecule has 0 aliphatic heterocycles. The zero-order valence-electron chi connectivity index (χ0n) is 21.5. The van der Waals surface area contributed by atoms with Crippen LogP contribution in [0.3, 0.4) is 0 Å². The van der Waals surface area contributed by atoms with Gasteiger partial charge in [0.1, 0.15) is 12.2 Å². The van der Waals surface area contributed by atoms with Crippen LogP contribution in [0.2, 0.25) is 15.1 Å². The first-order valence-corrected chi connectivity index (χ1v) is 13.5. The van der Waals surface area contributed by atoms with Crippen molar-refractivity contribution in [3.63, 3.8) is 0 Å². The Hall–Kier alpha value is -4.30. The van der Waals surface area contributed by atoms with Crippen molar-refractivity contribution < 1.29 is 13.9 Å². The molecule has 0 N–H and O–H groups in total. The van der Waals surface area contributed by atoms with E-state index in [0.717, 1.165) is 10.9 Å². The summed E-state index contributed by atoms with van der Waals surface area (Å²) in [4.78, 5) is 18.4. The molecule has 0 aliphatic carbocycles. The van der Waals surface area contributed by atoms with E-state index < -0.39 is 0 Å². The molecule has 0 atom stereocenters. The van der Waals surface area contributed by atoms with Gasteiger partial charge in [-0.2, -0.15) is 9.78 Å². The fraction of sp³-hybridized carbons (Fsp3) is 0.0645. The van der Waals surface area contributed by atoms with E-state index in [1.165, 1.54) is 18.0 Å². The van der Waals surface area contributed by atoms with Gasteiger partial charge in [0.15, 0.2) is 17.3 Å². The fourth-order valence-corrected chi connectivity index (χ4v) is 4.92. The van der Waals surface area contributed by atoms with Gasteiger partial charge in [-0.25, -0.2) is 4.98 Å². The first kappa shape index (κ1) is 26.9. The van der Waals surface area contributed by atoms with Gasteiger partial charge in [-0.05, 0) is 48.0 Å². The lowest BCUT2D eigenvalue weighted by Crippen LogP contribution is -2.20. The van der Waals surface area contributed by atoms with Crippen molar-refractivity contribution in [2.45, 2.75) is 6.61 Å². The third kappa shape index (κ3) is 5.39. The molecular formula is C31H20Cl3N3O4. The Morgan fingerprint density at radius 2 is 1.76 bits per heavy atom. The van der Waals surface area contributed by atoms with Crippen molar-refractivity contribution in [1.82, 2.24) is 9.66 Å². The fourth-order valence-electron chi connectivity index (χ4n) is 4.38. The third-order valence-corrected chi connectivity index (χ3v) is 7.30. The van der Waals surface area contributed by atoms with Crippen LogP contribution in [0.15, 0.2) is 99.2 Å². The second-order valence-electron chi connectivity index (χ2n) is 9.03. The van der Waals surface area contributed by atoms with Gasteiger partial charge in [0.25, 0.3) is 5.56 Å². The number of halogens is 3. The minimum atomic E-state index is -0.366. The van der Waals surface area contributed by atoms with Crippen LogP contribution < -0.4 is 15.0 Å². The van der Waals surface area contributed by atoms with Crippen LogP contribution in [0.25, 0.3) is 33.5 Å². The van der Waals surface area contributed by atoms with Gasteiger partial charge in [0.05, 0.1) is 34.3 Å². The summed E-state index contributed by atoms with van der Waals surface area (Å²) < 4.78 is 18.9. The molecule has 0 bridgehead atoms. The predicted octanol–water partition coefficient (Wildman–Crippen LogP) is 8.24. The first-order chi connectivity index (χ1) is 19.9. The Morgan fingerprint density at radius 3 is 2.56 bits per heavy atom. The summed E-state index contributed by atoms with van der Waals surface area (Å²) in [6.07, 6.45) is 1.47. The van der Waals surface area contributed by atoms with Gasteiger partial charge >= 0.3 is 0 Å². The highest BCUT2D eigenvalue weighted by Gasteiger charge is 2.18. The van der Waals surface area contributed by atoms with E-state index in [9.17, 15) is 4.79 Å². The van der Waals surface area contributed by atoms with Gasteiger partial charge in [-0.3, -0.25) is 4.79 Å². The lowest BCUT2D eigenvalue weighted by Gasteiger charge is -2.14. The Morgan fingerprint density at radius 1 is 0.951 bits per heavy atom. The number of para-hydroxylation sites is 2. The minimum absolute atomic E-state index is 0.164. The average molecular weight is 605 g/mol. The molecule has 0 spiro atoms. The van der Waals surface area contributed by atoms with Crippen molar-refractivity contribution in [3.8, 4) is 23.1 Å². The topological polar surface area (TPSA) is 78.9 Å². The molecule has 0 amide bonds. The third-order valence-electron chi connectivity index (χ3n) is 6.35. The molecule has 41 heavy (non-hydrogen) atoms. The monoisotopic (exact) mass is 603 g/mol. The smallest absolute Gasteiger partial charge is 0.282 e. The number of benzene rings is 4. The highest BCUT2D eigenvalue weighted by Crippen LogP contribution is 2.35. The summed E-state index contributed by atoms with van der Waals surface area (Å²) in [6.45, 7) is 0.164. The highest BCUT2D eigenvalue weighted by molar-refractivity contribution is 6.42. The number of nitrogens with zero attached hydrogens (tertiary/aromatic N) is 3. The van der Waals surface area contributed by atoms with Gasteiger partial charge in [0, 0.05) is 22.0 Å². The number of fused-ring (bicyclic) bond motifs is 2. The quantitative estimate of drug-likeness (QED) is 0.172. The maximum Gasteiger partial charge on any atom is 0.282 e. The number of methoxy groups -OCH3 is 1. The molecule has 0 saturated carbocycles. The largest absolute Gasteiger partial charge is 0.493 e. The van der Waals surface area contributed by atoms with Crippen molar-refractivity contribution in [3.05, 3.63) is 121 Å². The molecular weight excluding hydrogens is 585 g/mol. The van der Waals surface area contributed by atoms with E-state index in [2.05, 4.69) is 5.10 Å². The molecule has 204 valence electrons. The number of rotatable bonds is 7. The van der Waals surface area contributed by atoms with Crippen molar-refractivity contribution in [2.75, 3.05) is 7.11 Å². The number of ether oxygens (including phenoxy) is 2. The molecule has 0 saturated heterocycles. The van der Waals surface area contributed by atoms with Crippen LogP contribution in [-0.4, -0.2) is 23.0 Å². The maximum atomic E-state index is 13.7. The molecule has 10 heteroatoms. The molecule has 6 aromatic rings. The molecule has 6 rings (SSSR count). The Balaban J connectivity index is 1.46. The van der Waals surface area contributed by atoms with Crippen LogP contribution in [0.5, 0.6) is 11.5 Å². The van der Waals surface area contributed by atoms with Crippen LogP contribution in [0.1, 0.15) is 11.1 Å². The van der Waals surface area contributed by atoms with Gasteiger partial charge in [-0.15, -0.1) is 0 Å². The van der Waals surface area contributed by atoms with E-state index in [-0.39, 0.29) is 18.0 Å². The van der Waals surface area contributed by atoms with Crippen LogP contribution in [0, 0.1) is 0 Å². The Kier molecular flexibility index (Phi) is 7.41. The van der Waals surface area contributed by atoms with Gasteiger partial charge < -0.3 is 13.9 Å².